The minimum Gasteiger partial charge on any atom is -0.123 e. The van der Waals surface area contributed by atoms with Gasteiger partial charge in [0.15, 0.2) is 0 Å². The molecule has 2 fully saturated rings. The van der Waals surface area contributed by atoms with Crippen LogP contribution in [-0.4, -0.2) is 25.8 Å². The van der Waals surface area contributed by atoms with Crippen LogP contribution in [0.5, 0.6) is 0 Å². The molecule has 2 saturated carbocycles. The first-order valence-corrected chi connectivity index (χ1v) is 8.25. The Balaban J connectivity index is 2.59. The largest absolute Gasteiger partial charge is 0.123 e. The van der Waals surface area contributed by atoms with Gasteiger partial charge in [0.1, 0.15) is 9.67 Å². The van der Waals surface area contributed by atoms with E-state index in [1.54, 1.807) is 0 Å². The van der Waals surface area contributed by atoms with E-state index in [4.69, 9.17) is 81.2 Å². The van der Waals surface area contributed by atoms with Crippen molar-refractivity contribution in [3.8, 4) is 0 Å². The predicted molar refractivity (Wildman–Crippen MR) is 78.6 cm³/mol. The maximum absolute atomic E-state index is 6.43. The molecule has 0 amide bonds. The molecule has 2 bridgehead atoms. The third kappa shape index (κ3) is 1.71. The summed E-state index contributed by atoms with van der Waals surface area (Å²) in [7, 11) is 0. The van der Waals surface area contributed by atoms with Crippen molar-refractivity contribution < 1.29 is 0 Å². The molecule has 0 aromatic carbocycles. The first kappa shape index (κ1) is 15.4. The van der Waals surface area contributed by atoms with Crippen molar-refractivity contribution in [1.82, 2.24) is 0 Å². The van der Waals surface area contributed by atoms with Crippen LogP contribution < -0.4 is 0 Å². The summed E-state index contributed by atoms with van der Waals surface area (Å²) in [6.07, 6.45) is 0.584. The van der Waals surface area contributed by atoms with Crippen LogP contribution in [0.15, 0.2) is 0 Å². The molecule has 0 saturated heterocycles. The first-order chi connectivity index (χ1) is 7.71. The molecule has 0 spiro atoms. The summed E-state index contributed by atoms with van der Waals surface area (Å²) >= 11 is 43.8. The van der Waals surface area contributed by atoms with E-state index >= 15 is 0 Å². The summed E-state index contributed by atoms with van der Waals surface area (Å²) in [5, 5.41) is -0.857. The van der Waals surface area contributed by atoms with Gasteiger partial charge in [-0.15, -0.1) is 81.2 Å². The van der Waals surface area contributed by atoms with E-state index in [-0.39, 0.29) is 22.0 Å². The molecule has 2 rings (SSSR count). The second-order valence-corrected chi connectivity index (χ2v) is 8.74. The van der Waals surface area contributed by atoms with Gasteiger partial charge in [0.25, 0.3) is 0 Å². The Bertz CT molecular complexity index is 320. The molecule has 0 aliphatic heterocycles. The average Bonchev–Trinajstić information content (AvgIpc) is 2.54. The number of halogens is 7. The molecule has 0 heterocycles. The Morgan fingerprint density at radius 3 is 1.88 bits per heavy atom. The topological polar surface area (TPSA) is 0 Å². The summed E-state index contributed by atoms with van der Waals surface area (Å²) in [5.41, 5.74) is -1.22. The third-order valence-electron chi connectivity index (χ3n) is 4.58. The molecule has 0 N–H and O–H groups in total. The van der Waals surface area contributed by atoms with Crippen LogP contribution >= 0.6 is 81.2 Å². The van der Waals surface area contributed by atoms with Gasteiger partial charge in [-0.1, -0.05) is 6.92 Å². The molecule has 17 heavy (non-hydrogen) atoms. The van der Waals surface area contributed by atoms with Gasteiger partial charge in [-0.2, -0.15) is 0 Å². The lowest BCUT2D eigenvalue weighted by molar-refractivity contribution is 0.140. The highest BCUT2D eigenvalue weighted by atomic mass is 35.5. The van der Waals surface area contributed by atoms with E-state index in [0.717, 1.165) is 0 Å². The van der Waals surface area contributed by atoms with Gasteiger partial charge in [0.2, 0.25) is 0 Å². The van der Waals surface area contributed by atoms with Crippen LogP contribution in [-0.2, 0) is 0 Å². The van der Waals surface area contributed by atoms with Gasteiger partial charge in [0.05, 0.1) is 10.8 Å². The lowest BCUT2D eigenvalue weighted by Gasteiger charge is -2.44. The molecule has 2 aliphatic rings. The minimum atomic E-state index is -0.704. The van der Waals surface area contributed by atoms with Crippen molar-refractivity contribution in [2.24, 2.45) is 16.7 Å². The standard InChI is InChI=1S/C10H11Cl7/c1-9(7(14)15)4-3(11)2-10(9,8(16)17)6(13)5(4)12/h3-8H,2H2,1H3/t3-,4-,5+,6-,9?,10+/m1/s1. The third-order valence-corrected chi connectivity index (χ3v) is 8.00. The summed E-state index contributed by atoms with van der Waals surface area (Å²) in [6, 6.07) is 0. The van der Waals surface area contributed by atoms with E-state index in [1.807, 2.05) is 6.92 Å². The second kappa shape index (κ2) is 4.79. The zero-order valence-corrected chi connectivity index (χ0v) is 14.1. The van der Waals surface area contributed by atoms with Gasteiger partial charge < -0.3 is 0 Å². The van der Waals surface area contributed by atoms with Crippen molar-refractivity contribution >= 4 is 81.2 Å². The van der Waals surface area contributed by atoms with Gasteiger partial charge >= 0.3 is 0 Å². The molecule has 7 heteroatoms. The van der Waals surface area contributed by atoms with E-state index in [0.29, 0.717) is 6.42 Å². The van der Waals surface area contributed by atoms with Gasteiger partial charge in [0, 0.05) is 22.1 Å². The zero-order valence-electron chi connectivity index (χ0n) is 8.82. The van der Waals surface area contributed by atoms with Crippen molar-refractivity contribution in [2.75, 3.05) is 0 Å². The molecule has 2 aliphatic carbocycles. The molecule has 100 valence electrons. The molecule has 1 unspecified atom stereocenters. The summed E-state index contributed by atoms with van der Waals surface area (Å²) in [4.78, 5) is -1.37. The van der Waals surface area contributed by atoms with Crippen LogP contribution in [0.3, 0.4) is 0 Å². The molecule has 6 atom stereocenters. The highest BCUT2D eigenvalue weighted by molar-refractivity contribution is 6.48. The van der Waals surface area contributed by atoms with E-state index in [2.05, 4.69) is 0 Å². The smallest absolute Gasteiger partial charge is 0.115 e. The Labute approximate surface area is 136 Å². The Kier molecular flexibility index (Phi) is 4.35. The maximum atomic E-state index is 6.43. The van der Waals surface area contributed by atoms with Crippen LogP contribution in [0.25, 0.3) is 0 Å². The highest BCUT2D eigenvalue weighted by Crippen LogP contribution is 2.74. The second-order valence-electron chi connectivity index (χ2n) is 5.02. The lowest BCUT2D eigenvalue weighted by Crippen LogP contribution is -2.47. The number of hydrogen-bond acceptors (Lipinski definition) is 0. The molecule has 0 radical (unpaired) electrons. The average molecular weight is 379 g/mol. The minimum absolute atomic E-state index is 0.0895. The lowest BCUT2D eigenvalue weighted by atomic mass is 9.70. The monoisotopic (exact) mass is 376 g/mol. The maximum Gasteiger partial charge on any atom is 0.115 e. The van der Waals surface area contributed by atoms with Gasteiger partial charge in [-0.25, -0.2) is 0 Å². The fraction of sp³-hybridized carbons (Fsp3) is 1.00. The normalized spacial score (nSPS) is 54.0. The molecular weight excluding hydrogens is 368 g/mol. The SMILES string of the molecule is CC1(C(Cl)Cl)[C@H]2[C@H](Cl)[C@@H](Cl)[C@]1(C(Cl)Cl)C[C@H]2Cl. The van der Waals surface area contributed by atoms with E-state index in [9.17, 15) is 0 Å². The number of alkyl halides is 7. The van der Waals surface area contributed by atoms with Gasteiger partial charge in [-0.3, -0.25) is 0 Å². The number of hydrogen-bond donors (Lipinski definition) is 0. The Morgan fingerprint density at radius 1 is 1.00 bits per heavy atom. The summed E-state index contributed by atoms with van der Waals surface area (Å²) in [6.45, 7) is 1.93. The van der Waals surface area contributed by atoms with E-state index < -0.39 is 20.5 Å². The molecule has 0 nitrogen and oxygen atoms in total. The Hall–Kier alpha value is 2.03. The van der Waals surface area contributed by atoms with Crippen LogP contribution in [0.4, 0.5) is 0 Å². The van der Waals surface area contributed by atoms with Crippen LogP contribution in [0, 0.1) is 16.7 Å². The first-order valence-electron chi connectivity index (χ1n) is 5.19. The fourth-order valence-corrected chi connectivity index (χ4v) is 7.32. The van der Waals surface area contributed by atoms with Crippen molar-refractivity contribution in [3.05, 3.63) is 0 Å². The molecule has 0 aromatic heterocycles. The van der Waals surface area contributed by atoms with Gasteiger partial charge in [-0.05, 0) is 6.42 Å². The number of fused-ring (bicyclic) bond motifs is 2. The zero-order chi connectivity index (χ0) is 13.2. The van der Waals surface area contributed by atoms with Crippen molar-refractivity contribution in [3.63, 3.8) is 0 Å². The molecular formula is C10H11Cl7. The summed E-state index contributed by atoms with van der Waals surface area (Å²) in [5.74, 6) is -0.0895. The Morgan fingerprint density at radius 2 is 1.53 bits per heavy atom. The quantitative estimate of drug-likeness (QED) is 0.561. The highest BCUT2D eigenvalue weighted by Gasteiger charge is 2.76. The van der Waals surface area contributed by atoms with Crippen LogP contribution in [0.1, 0.15) is 13.3 Å². The fourth-order valence-electron chi connectivity index (χ4n) is 3.55. The number of rotatable bonds is 2. The molecule has 0 aromatic rings. The van der Waals surface area contributed by atoms with Crippen molar-refractivity contribution in [2.45, 2.75) is 39.1 Å². The van der Waals surface area contributed by atoms with E-state index in [1.165, 1.54) is 0 Å². The van der Waals surface area contributed by atoms with Crippen molar-refractivity contribution in [1.29, 1.82) is 0 Å². The summed E-state index contributed by atoms with van der Waals surface area (Å²) < 4.78 is 0. The predicted octanol–water partition coefficient (Wildman–Crippen LogP) is 5.44. The van der Waals surface area contributed by atoms with Crippen LogP contribution in [0.2, 0.25) is 0 Å².